The summed E-state index contributed by atoms with van der Waals surface area (Å²) in [6.45, 7) is 3.67. The topological polar surface area (TPSA) is 75.6 Å². The Labute approximate surface area is 138 Å². The molecular formula is C13H19BrClNO4S. The van der Waals surface area contributed by atoms with Crippen molar-refractivity contribution in [2.24, 2.45) is 5.92 Å². The Bertz CT molecular complexity index is 592. The van der Waals surface area contributed by atoms with E-state index in [1.807, 2.05) is 13.8 Å². The molecule has 0 amide bonds. The van der Waals surface area contributed by atoms with E-state index in [0.29, 0.717) is 10.9 Å². The van der Waals surface area contributed by atoms with E-state index in [2.05, 4.69) is 20.7 Å². The molecule has 0 bridgehead atoms. The molecule has 0 fully saturated rings. The lowest BCUT2D eigenvalue weighted by Crippen LogP contribution is -2.39. The highest BCUT2D eigenvalue weighted by Crippen LogP contribution is 2.35. The zero-order chi connectivity index (χ0) is 16.2. The predicted molar refractivity (Wildman–Crippen MR) is 86.4 cm³/mol. The molecule has 0 aliphatic rings. The summed E-state index contributed by atoms with van der Waals surface area (Å²) >= 11 is 9.16. The second-order valence-corrected chi connectivity index (χ2v) is 7.88. The number of nitrogens with one attached hydrogen (secondary N) is 1. The van der Waals surface area contributed by atoms with E-state index < -0.39 is 10.0 Å². The number of aliphatic hydroxyl groups is 1. The van der Waals surface area contributed by atoms with Crippen LogP contribution in [0.1, 0.15) is 20.3 Å². The van der Waals surface area contributed by atoms with Crippen molar-refractivity contribution in [3.8, 4) is 5.75 Å². The van der Waals surface area contributed by atoms with Crippen molar-refractivity contribution in [1.82, 2.24) is 4.72 Å². The van der Waals surface area contributed by atoms with Gasteiger partial charge in [-0.3, -0.25) is 0 Å². The van der Waals surface area contributed by atoms with E-state index >= 15 is 0 Å². The summed E-state index contributed by atoms with van der Waals surface area (Å²) in [4.78, 5) is -0.0343. The van der Waals surface area contributed by atoms with Crippen molar-refractivity contribution in [1.29, 1.82) is 0 Å². The minimum atomic E-state index is -3.82. The van der Waals surface area contributed by atoms with Gasteiger partial charge in [0.2, 0.25) is 10.0 Å². The molecule has 0 heterocycles. The fourth-order valence-corrected chi connectivity index (χ4v) is 4.67. The molecule has 0 saturated heterocycles. The lowest BCUT2D eigenvalue weighted by molar-refractivity contribution is 0.255. The SMILES string of the molecule is COc1c(Br)cc(Cl)cc1S(=O)(=O)NC(CCO)C(C)C. The van der Waals surface area contributed by atoms with Gasteiger partial charge in [0.05, 0.1) is 11.6 Å². The average molecular weight is 401 g/mol. The second kappa shape index (κ2) is 7.78. The van der Waals surface area contributed by atoms with Gasteiger partial charge in [0, 0.05) is 17.7 Å². The summed E-state index contributed by atoms with van der Waals surface area (Å²) < 4.78 is 33.3. The molecule has 0 spiro atoms. The monoisotopic (exact) mass is 399 g/mol. The van der Waals surface area contributed by atoms with Crippen molar-refractivity contribution in [3.63, 3.8) is 0 Å². The van der Waals surface area contributed by atoms with Gasteiger partial charge in [-0.25, -0.2) is 13.1 Å². The van der Waals surface area contributed by atoms with Crippen molar-refractivity contribution >= 4 is 37.6 Å². The van der Waals surface area contributed by atoms with Gasteiger partial charge < -0.3 is 9.84 Å². The first kappa shape index (κ1) is 18.7. The Morgan fingerprint density at radius 1 is 1.43 bits per heavy atom. The second-order valence-electron chi connectivity index (χ2n) is 4.90. The highest BCUT2D eigenvalue weighted by atomic mass is 79.9. The van der Waals surface area contributed by atoms with Crippen LogP contribution in [0, 0.1) is 5.92 Å². The number of sulfonamides is 1. The zero-order valence-electron chi connectivity index (χ0n) is 12.1. The minimum Gasteiger partial charge on any atom is -0.494 e. The van der Waals surface area contributed by atoms with Gasteiger partial charge in [0.1, 0.15) is 4.90 Å². The Morgan fingerprint density at radius 3 is 2.52 bits per heavy atom. The molecule has 1 aromatic carbocycles. The molecule has 1 rings (SSSR count). The molecule has 0 radical (unpaired) electrons. The molecule has 0 saturated carbocycles. The molecule has 0 aliphatic heterocycles. The van der Waals surface area contributed by atoms with Crippen LogP contribution in [0.3, 0.4) is 0 Å². The highest BCUT2D eigenvalue weighted by Gasteiger charge is 2.26. The molecule has 1 aromatic rings. The van der Waals surface area contributed by atoms with E-state index in [1.54, 1.807) is 6.07 Å². The fourth-order valence-electron chi connectivity index (χ4n) is 1.86. The van der Waals surface area contributed by atoms with Crippen LogP contribution in [0.4, 0.5) is 0 Å². The van der Waals surface area contributed by atoms with Gasteiger partial charge in [0.15, 0.2) is 5.75 Å². The van der Waals surface area contributed by atoms with Gasteiger partial charge in [0.25, 0.3) is 0 Å². The Kier molecular flexibility index (Phi) is 6.93. The summed E-state index contributed by atoms with van der Waals surface area (Å²) in [7, 11) is -2.43. The molecule has 1 atom stereocenters. The first-order valence-corrected chi connectivity index (χ1v) is 9.04. The van der Waals surface area contributed by atoms with Gasteiger partial charge in [-0.05, 0) is 40.4 Å². The van der Waals surface area contributed by atoms with Crippen LogP contribution in [-0.4, -0.2) is 33.3 Å². The molecule has 0 aliphatic carbocycles. The molecule has 1 unspecified atom stereocenters. The molecule has 0 aromatic heterocycles. The van der Waals surface area contributed by atoms with Crippen LogP contribution in [0.15, 0.2) is 21.5 Å². The highest BCUT2D eigenvalue weighted by molar-refractivity contribution is 9.10. The predicted octanol–water partition coefficient (Wildman–Crippen LogP) is 2.80. The number of ether oxygens (including phenoxy) is 1. The number of halogens is 2. The van der Waals surface area contributed by atoms with E-state index in [0.717, 1.165) is 0 Å². The molecular weight excluding hydrogens is 382 g/mol. The summed E-state index contributed by atoms with van der Waals surface area (Å²) in [5.41, 5.74) is 0. The Balaban J connectivity index is 3.24. The zero-order valence-corrected chi connectivity index (χ0v) is 15.2. The smallest absolute Gasteiger partial charge is 0.244 e. The van der Waals surface area contributed by atoms with E-state index in [-0.39, 0.29) is 34.2 Å². The summed E-state index contributed by atoms with van der Waals surface area (Å²) in [5.74, 6) is 0.235. The van der Waals surface area contributed by atoms with Crippen LogP contribution in [-0.2, 0) is 10.0 Å². The largest absolute Gasteiger partial charge is 0.494 e. The standard InChI is InChI=1S/C13H19BrClNO4S/c1-8(2)11(4-5-17)16-21(18,19)12-7-9(15)6-10(14)13(12)20-3/h6-8,11,16-17H,4-5H2,1-3H3. The van der Waals surface area contributed by atoms with Gasteiger partial charge >= 0.3 is 0 Å². The quantitative estimate of drug-likeness (QED) is 0.738. The van der Waals surface area contributed by atoms with Crippen LogP contribution in [0.25, 0.3) is 0 Å². The maximum absolute atomic E-state index is 12.6. The molecule has 2 N–H and O–H groups in total. The van der Waals surface area contributed by atoms with Crippen molar-refractivity contribution in [2.45, 2.75) is 31.2 Å². The third kappa shape index (κ3) is 4.82. The van der Waals surface area contributed by atoms with E-state index in [9.17, 15) is 8.42 Å². The van der Waals surface area contributed by atoms with E-state index in [1.165, 1.54) is 13.2 Å². The number of benzene rings is 1. The number of rotatable bonds is 7. The van der Waals surface area contributed by atoms with Crippen LogP contribution in [0.2, 0.25) is 5.02 Å². The third-order valence-corrected chi connectivity index (χ3v) is 5.32. The summed E-state index contributed by atoms with van der Waals surface area (Å²) in [6.07, 6.45) is 0.334. The van der Waals surface area contributed by atoms with Gasteiger partial charge in [-0.1, -0.05) is 25.4 Å². The molecule has 5 nitrogen and oxygen atoms in total. The number of methoxy groups -OCH3 is 1. The lowest BCUT2D eigenvalue weighted by atomic mass is 10.0. The van der Waals surface area contributed by atoms with E-state index in [4.69, 9.17) is 21.4 Å². The van der Waals surface area contributed by atoms with Crippen molar-refractivity contribution in [3.05, 3.63) is 21.6 Å². The molecule has 21 heavy (non-hydrogen) atoms. The first-order chi connectivity index (χ1) is 9.72. The van der Waals surface area contributed by atoms with Gasteiger partial charge in [-0.15, -0.1) is 0 Å². The normalized spacial score (nSPS) is 13.5. The van der Waals surface area contributed by atoms with Crippen LogP contribution >= 0.6 is 27.5 Å². The van der Waals surface area contributed by atoms with Gasteiger partial charge in [-0.2, -0.15) is 0 Å². The minimum absolute atomic E-state index is 0.0343. The van der Waals surface area contributed by atoms with Crippen molar-refractivity contribution < 1.29 is 18.3 Å². The average Bonchev–Trinajstić information content (AvgIpc) is 2.37. The lowest BCUT2D eigenvalue weighted by Gasteiger charge is -2.22. The summed E-state index contributed by atoms with van der Waals surface area (Å²) in [5, 5.41) is 9.34. The Morgan fingerprint density at radius 2 is 2.05 bits per heavy atom. The number of hydrogen-bond acceptors (Lipinski definition) is 4. The van der Waals surface area contributed by atoms with Crippen molar-refractivity contribution in [2.75, 3.05) is 13.7 Å². The Hall–Kier alpha value is -0.340. The van der Waals surface area contributed by atoms with Crippen LogP contribution in [0.5, 0.6) is 5.75 Å². The molecule has 120 valence electrons. The maximum Gasteiger partial charge on any atom is 0.244 e. The molecule has 8 heteroatoms. The fraction of sp³-hybridized carbons (Fsp3) is 0.538. The maximum atomic E-state index is 12.6. The third-order valence-electron chi connectivity index (χ3n) is 3.02. The number of hydrogen-bond donors (Lipinski definition) is 2. The first-order valence-electron chi connectivity index (χ1n) is 6.39. The summed E-state index contributed by atoms with van der Waals surface area (Å²) in [6, 6.07) is 2.53. The van der Waals surface area contributed by atoms with Crippen LogP contribution < -0.4 is 9.46 Å². The number of aliphatic hydroxyl groups excluding tert-OH is 1.